The van der Waals surface area contributed by atoms with Crippen LogP contribution in [0.25, 0.3) is 0 Å². The van der Waals surface area contributed by atoms with Crippen LogP contribution in [0.2, 0.25) is 5.02 Å². The fourth-order valence-corrected chi connectivity index (χ4v) is 3.87. The first kappa shape index (κ1) is 23.4. The van der Waals surface area contributed by atoms with Gasteiger partial charge in [-0.2, -0.15) is 19.7 Å². The standard InChI is InChI=1S/C20H21ClN6O4S/c1-12-3-9-16(10-4-12)32(29,30)27-13(2)18(28)31-11-17-24-19(22)26-20(25-17)23-15-7-5-14(21)6-8-15/h3-10,13,27H,11H2,1-2H3,(H3,22,23,24,25,26)/t13-/m0/s1. The highest BCUT2D eigenvalue weighted by Gasteiger charge is 2.23. The normalized spacial score (nSPS) is 12.2. The maximum Gasteiger partial charge on any atom is 0.324 e. The largest absolute Gasteiger partial charge is 0.456 e. The van der Waals surface area contributed by atoms with Gasteiger partial charge in [-0.25, -0.2) is 8.42 Å². The molecule has 0 bridgehead atoms. The Morgan fingerprint density at radius 1 is 1.09 bits per heavy atom. The first-order valence-electron chi connectivity index (χ1n) is 9.41. The van der Waals surface area contributed by atoms with Gasteiger partial charge < -0.3 is 15.8 Å². The summed E-state index contributed by atoms with van der Waals surface area (Å²) in [6.45, 7) is 2.90. The van der Waals surface area contributed by atoms with Crippen molar-refractivity contribution >= 4 is 45.2 Å². The molecule has 1 aromatic heterocycles. The summed E-state index contributed by atoms with van der Waals surface area (Å²) in [4.78, 5) is 24.4. The average molecular weight is 477 g/mol. The summed E-state index contributed by atoms with van der Waals surface area (Å²) in [5.74, 6) is -0.627. The van der Waals surface area contributed by atoms with Crippen LogP contribution in [0, 0.1) is 6.92 Å². The van der Waals surface area contributed by atoms with Crippen molar-refractivity contribution in [3.8, 4) is 0 Å². The molecule has 10 nitrogen and oxygen atoms in total. The Bertz CT molecular complexity index is 1200. The maximum atomic E-state index is 12.4. The zero-order chi connectivity index (χ0) is 23.3. The number of carbonyl (C=O) groups excluding carboxylic acids is 1. The predicted octanol–water partition coefficient (Wildman–Crippen LogP) is 2.57. The van der Waals surface area contributed by atoms with Crippen LogP contribution in [-0.4, -0.2) is 35.4 Å². The minimum Gasteiger partial charge on any atom is -0.456 e. The average Bonchev–Trinajstić information content (AvgIpc) is 2.73. The smallest absolute Gasteiger partial charge is 0.324 e. The van der Waals surface area contributed by atoms with Gasteiger partial charge in [-0.15, -0.1) is 0 Å². The lowest BCUT2D eigenvalue weighted by molar-refractivity contribution is -0.146. The summed E-state index contributed by atoms with van der Waals surface area (Å²) in [5, 5.41) is 3.52. The Balaban J connectivity index is 1.61. The highest BCUT2D eigenvalue weighted by molar-refractivity contribution is 7.89. The van der Waals surface area contributed by atoms with Gasteiger partial charge in [0.2, 0.25) is 21.9 Å². The van der Waals surface area contributed by atoms with Gasteiger partial charge in [0.1, 0.15) is 6.04 Å². The van der Waals surface area contributed by atoms with Crippen molar-refractivity contribution in [3.05, 3.63) is 64.9 Å². The number of sulfonamides is 1. The molecule has 0 amide bonds. The quantitative estimate of drug-likeness (QED) is 0.417. The highest BCUT2D eigenvalue weighted by atomic mass is 35.5. The van der Waals surface area contributed by atoms with E-state index in [-0.39, 0.29) is 29.2 Å². The molecular weight excluding hydrogens is 456 g/mol. The fraction of sp³-hybridized carbons (Fsp3) is 0.200. The van der Waals surface area contributed by atoms with Gasteiger partial charge in [-0.1, -0.05) is 29.3 Å². The van der Waals surface area contributed by atoms with Crippen molar-refractivity contribution in [2.45, 2.75) is 31.4 Å². The van der Waals surface area contributed by atoms with E-state index < -0.39 is 22.0 Å². The minimum atomic E-state index is -3.89. The van der Waals surface area contributed by atoms with E-state index in [1.807, 2.05) is 6.92 Å². The zero-order valence-electron chi connectivity index (χ0n) is 17.2. The first-order chi connectivity index (χ1) is 15.1. The van der Waals surface area contributed by atoms with Gasteiger partial charge in [0.05, 0.1) is 4.90 Å². The van der Waals surface area contributed by atoms with E-state index in [1.165, 1.54) is 19.1 Å². The molecule has 0 radical (unpaired) electrons. The highest BCUT2D eigenvalue weighted by Crippen LogP contribution is 2.17. The molecule has 1 atom stereocenters. The molecule has 0 saturated carbocycles. The number of hydrogen-bond donors (Lipinski definition) is 3. The van der Waals surface area contributed by atoms with Crippen LogP contribution < -0.4 is 15.8 Å². The second-order valence-corrected chi connectivity index (χ2v) is 8.98. The lowest BCUT2D eigenvalue weighted by Crippen LogP contribution is -2.39. The van der Waals surface area contributed by atoms with Crippen molar-refractivity contribution in [2.24, 2.45) is 0 Å². The number of esters is 1. The summed E-state index contributed by atoms with van der Waals surface area (Å²) in [6, 6.07) is 11.9. The third kappa shape index (κ3) is 6.36. The number of nitrogens with one attached hydrogen (secondary N) is 2. The van der Waals surface area contributed by atoms with Gasteiger partial charge in [0, 0.05) is 10.7 Å². The van der Waals surface area contributed by atoms with Crippen molar-refractivity contribution in [3.63, 3.8) is 0 Å². The number of halogens is 1. The van der Waals surface area contributed by atoms with Crippen LogP contribution in [0.5, 0.6) is 0 Å². The topological polar surface area (TPSA) is 149 Å². The van der Waals surface area contributed by atoms with E-state index in [1.54, 1.807) is 36.4 Å². The molecule has 3 rings (SSSR count). The number of aryl methyl sites for hydroxylation is 1. The van der Waals surface area contributed by atoms with Crippen LogP contribution in [-0.2, 0) is 26.2 Å². The number of anilines is 3. The maximum absolute atomic E-state index is 12.4. The van der Waals surface area contributed by atoms with Crippen molar-refractivity contribution in [1.82, 2.24) is 19.7 Å². The Labute approximate surface area is 190 Å². The lowest BCUT2D eigenvalue weighted by atomic mass is 10.2. The third-order valence-electron chi connectivity index (χ3n) is 4.16. The van der Waals surface area contributed by atoms with Crippen LogP contribution >= 0.6 is 11.6 Å². The molecule has 0 aliphatic rings. The van der Waals surface area contributed by atoms with Gasteiger partial charge in [-0.05, 0) is 50.2 Å². The van der Waals surface area contributed by atoms with Crippen LogP contribution in [0.3, 0.4) is 0 Å². The number of hydrogen-bond acceptors (Lipinski definition) is 9. The third-order valence-corrected chi connectivity index (χ3v) is 5.97. The van der Waals surface area contributed by atoms with Gasteiger partial charge in [-0.3, -0.25) is 4.79 Å². The Morgan fingerprint density at radius 2 is 1.75 bits per heavy atom. The molecule has 4 N–H and O–H groups in total. The number of benzene rings is 2. The predicted molar refractivity (Wildman–Crippen MR) is 120 cm³/mol. The summed E-state index contributed by atoms with van der Waals surface area (Å²) in [5.41, 5.74) is 7.29. The Morgan fingerprint density at radius 3 is 2.41 bits per heavy atom. The van der Waals surface area contributed by atoms with Crippen LogP contribution in [0.15, 0.2) is 53.4 Å². The van der Waals surface area contributed by atoms with Gasteiger partial charge in [0.15, 0.2) is 12.4 Å². The molecule has 1 heterocycles. The van der Waals surface area contributed by atoms with Gasteiger partial charge in [0.25, 0.3) is 0 Å². The molecule has 32 heavy (non-hydrogen) atoms. The summed E-state index contributed by atoms with van der Waals surface area (Å²) >= 11 is 5.86. The molecule has 12 heteroatoms. The van der Waals surface area contributed by atoms with E-state index in [0.717, 1.165) is 5.56 Å². The lowest BCUT2D eigenvalue weighted by Gasteiger charge is -2.14. The van der Waals surface area contributed by atoms with E-state index in [0.29, 0.717) is 10.7 Å². The number of nitrogens with zero attached hydrogens (tertiary/aromatic N) is 3. The molecule has 2 aromatic carbocycles. The molecule has 0 spiro atoms. The summed E-state index contributed by atoms with van der Waals surface area (Å²) in [7, 11) is -3.89. The molecule has 0 unspecified atom stereocenters. The second kappa shape index (κ2) is 9.90. The number of ether oxygens (including phenoxy) is 1. The molecule has 0 saturated heterocycles. The van der Waals surface area contributed by atoms with E-state index in [4.69, 9.17) is 22.1 Å². The van der Waals surface area contributed by atoms with Crippen molar-refractivity contribution in [1.29, 1.82) is 0 Å². The molecule has 3 aromatic rings. The van der Waals surface area contributed by atoms with Crippen molar-refractivity contribution < 1.29 is 17.9 Å². The zero-order valence-corrected chi connectivity index (χ0v) is 18.8. The number of aromatic nitrogens is 3. The fourth-order valence-electron chi connectivity index (χ4n) is 2.55. The molecule has 0 fully saturated rings. The molecule has 0 aliphatic carbocycles. The first-order valence-corrected chi connectivity index (χ1v) is 11.3. The molecular formula is C20H21ClN6O4S. The van der Waals surface area contributed by atoms with Crippen LogP contribution in [0.4, 0.5) is 17.6 Å². The number of nitrogen functional groups attached to an aromatic ring is 1. The summed E-state index contributed by atoms with van der Waals surface area (Å²) < 4.78 is 32.3. The van der Waals surface area contributed by atoms with Gasteiger partial charge >= 0.3 is 5.97 Å². The van der Waals surface area contributed by atoms with Crippen LogP contribution in [0.1, 0.15) is 18.3 Å². The van der Waals surface area contributed by atoms with E-state index in [2.05, 4.69) is 25.0 Å². The number of nitrogens with two attached hydrogens (primary N) is 1. The number of rotatable bonds is 8. The molecule has 0 aliphatic heterocycles. The minimum absolute atomic E-state index is 0.0471. The van der Waals surface area contributed by atoms with Crippen molar-refractivity contribution in [2.75, 3.05) is 11.1 Å². The Kier molecular flexibility index (Phi) is 7.23. The summed E-state index contributed by atoms with van der Waals surface area (Å²) in [6.07, 6.45) is 0. The second-order valence-electron chi connectivity index (χ2n) is 6.83. The van der Waals surface area contributed by atoms with E-state index in [9.17, 15) is 13.2 Å². The van der Waals surface area contributed by atoms with E-state index >= 15 is 0 Å². The monoisotopic (exact) mass is 476 g/mol. The molecule has 168 valence electrons. The Hall–Kier alpha value is -3.28. The number of carbonyl (C=O) groups is 1. The SMILES string of the molecule is Cc1ccc(S(=O)(=O)N[C@@H](C)C(=O)OCc2nc(N)nc(Nc3ccc(Cl)cc3)n2)cc1.